The predicted octanol–water partition coefficient (Wildman–Crippen LogP) is 1.58. The number of aryl methyl sites for hydroxylation is 1. The summed E-state index contributed by atoms with van der Waals surface area (Å²) in [5.41, 5.74) is 0. The van der Waals surface area contributed by atoms with Gasteiger partial charge in [-0.2, -0.15) is 0 Å². The van der Waals surface area contributed by atoms with Crippen LogP contribution in [0, 0.1) is 12.8 Å². The molecular weight excluding hydrogens is 226 g/mol. The molecule has 0 aromatic carbocycles. The fraction of sp³-hybridized carbons (Fsp3) is 0.692. The molecule has 2 N–H and O–H groups in total. The van der Waals surface area contributed by atoms with Crippen LogP contribution < -0.4 is 10.6 Å². The fourth-order valence-corrected chi connectivity index (χ4v) is 2.53. The summed E-state index contributed by atoms with van der Waals surface area (Å²) in [6.45, 7) is 6.50. The minimum absolute atomic E-state index is 0.500. The second-order valence-corrected chi connectivity index (χ2v) is 5.21. The van der Waals surface area contributed by atoms with E-state index in [1.54, 1.807) is 0 Å². The number of hydrogen-bond acceptors (Lipinski definition) is 5. The van der Waals surface area contributed by atoms with Crippen molar-refractivity contribution in [3.8, 4) is 0 Å². The van der Waals surface area contributed by atoms with Crippen molar-refractivity contribution in [3.05, 3.63) is 11.9 Å². The highest BCUT2D eigenvalue weighted by Gasteiger charge is 2.24. The maximum atomic E-state index is 4.45. The Hall–Kier alpha value is -1.36. The molecule has 0 bridgehead atoms. The number of nitrogens with zero attached hydrogens (tertiary/aromatic N) is 3. The smallest absolute Gasteiger partial charge is 0.132 e. The van der Waals surface area contributed by atoms with Gasteiger partial charge in [0, 0.05) is 25.7 Å². The maximum absolute atomic E-state index is 4.45. The van der Waals surface area contributed by atoms with Crippen molar-refractivity contribution >= 4 is 11.6 Å². The van der Waals surface area contributed by atoms with Gasteiger partial charge in [-0.05, 0) is 32.9 Å². The van der Waals surface area contributed by atoms with Crippen molar-refractivity contribution in [2.75, 3.05) is 37.8 Å². The van der Waals surface area contributed by atoms with E-state index in [1.165, 1.54) is 0 Å². The van der Waals surface area contributed by atoms with Crippen LogP contribution >= 0.6 is 0 Å². The van der Waals surface area contributed by atoms with Crippen molar-refractivity contribution in [2.45, 2.75) is 26.3 Å². The van der Waals surface area contributed by atoms with Gasteiger partial charge >= 0.3 is 0 Å². The second-order valence-electron chi connectivity index (χ2n) is 5.21. The predicted molar refractivity (Wildman–Crippen MR) is 75.0 cm³/mol. The van der Waals surface area contributed by atoms with Gasteiger partial charge in [0.05, 0.1) is 0 Å². The third-order valence-electron chi connectivity index (χ3n) is 3.54. The number of anilines is 2. The number of rotatable bonds is 3. The van der Waals surface area contributed by atoms with Gasteiger partial charge in [0.15, 0.2) is 0 Å². The monoisotopic (exact) mass is 249 g/mol. The summed E-state index contributed by atoms with van der Waals surface area (Å²) < 4.78 is 0. The zero-order valence-corrected chi connectivity index (χ0v) is 11.7. The Kier molecular flexibility index (Phi) is 4.01. The number of likely N-dealkylation sites (tertiary alicyclic amines) is 1. The van der Waals surface area contributed by atoms with Crippen LogP contribution in [0.5, 0.6) is 0 Å². The molecule has 2 rings (SSSR count). The molecule has 1 aliphatic rings. The Morgan fingerprint density at radius 2 is 2.06 bits per heavy atom. The van der Waals surface area contributed by atoms with Crippen molar-refractivity contribution in [3.63, 3.8) is 0 Å². The first kappa shape index (κ1) is 13.1. The molecule has 1 aromatic rings. The Bertz CT molecular complexity index is 406. The Balaban J connectivity index is 2.06. The Morgan fingerprint density at radius 3 is 2.72 bits per heavy atom. The molecule has 1 aliphatic heterocycles. The summed E-state index contributed by atoms with van der Waals surface area (Å²) in [6.07, 6.45) is 1.16. The van der Waals surface area contributed by atoms with E-state index in [2.05, 4.69) is 39.5 Å². The van der Waals surface area contributed by atoms with Gasteiger partial charge in [-0.3, -0.25) is 0 Å². The molecule has 18 heavy (non-hydrogen) atoms. The van der Waals surface area contributed by atoms with Crippen LogP contribution in [0.2, 0.25) is 0 Å². The standard InChI is InChI=1S/C13H23N5/c1-9-8-18(4)6-5-11(9)17-13-7-12(14-3)15-10(2)16-13/h7,9,11H,5-6,8H2,1-4H3,(H2,14,15,16,17). The van der Waals surface area contributed by atoms with Crippen molar-refractivity contribution in [1.82, 2.24) is 14.9 Å². The van der Waals surface area contributed by atoms with Crippen LogP contribution in [0.15, 0.2) is 6.07 Å². The lowest BCUT2D eigenvalue weighted by Crippen LogP contribution is -2.43. The summed E-state index contributed by atoms with van der Waals surface area (Å²) in [6, 6.07) is 2.47. The van der Waals surface area contributed by atoms with Gasteiger partial charge in [0.2, 0.25) is 0 Å². The zero-order valence-electron chi connectivity index (χ0n) is 11.7. The first-order valence-electron chi connectivity index (χ1n) is 6.57. The summed E-state index contributed by atoms with van der Waals surface area (Å²) in [5, 5.41) is 6.61. The maximum Gasteiger partial charge on any atom is 0.132 e. The molecule has 1 saturated heterocycles. The van der Waals surface area contributed by atoms with E-state index in [0.717, 1.165) is 37.0 Å². The topological polar surface area (TPSA) is 53.1 Å². The highest BCUT2D eigenvalue weighted by molar-refractivity contribution is 5.47. The van der Waals surface area contributed by atoms with E-state index < -0.39 is 0 Å². The van der Waals surface area contributed by atoms with E-state index in [9.17, 15) is 0 Å². The molecule has 2 atom stereocenters. The van der Waals surface area contributed by atoms with Crippen LogP contribution in [0.25, 0.3) is 0 Å². The van der Waals surface area contributed by atoms with Crippen molar-refractivity contribution < 1.29 is 0 Å². The van der Waals surface area contributed by atoms with Crippen molar-refractivity contribution in [1.29, 1.82) is 0 Å². The number of hydrogen-bond donors (Lipinski definition) is 2. The first-order valence-corrected chi connectivity index (χ1v) is 6.57. The molecule has 2 heterocycles. The fourth-order valence-electron chi connectivity index (χ4n) is 2.53. The molecule has 0 spiro atoms. The summed E-state index contributed by atoms with van der Waals surface area (Å²) in [7, 11) is 4.06. The van der Waals surface area contributed by atoms with E-state index in [4.69, 9.17) is 0 Å². The van der Waals surface area contributed by atoms with Crippen LogP contribution in [-0.4, -0.2) is 48.1 Å². The molecule has 0 saturated carbocycles. The lowest BCUT2D eigenvalue weighted by Gasteiger charge is -2.35. The second kappa shape index (κ2) is 5.52. The first-order chi connectivity index (χ1) is 8.58. The summed E-state index contributed by atoms with van der Waals surface area (Å²) in [4.78, 5) is 11.1. The van der Waals surface area contributed by atoms with Crippen molar-refractivity contribution in [2.24, 2.45) is 5.92 Å². The van der Waals surface area contributed by atoms with Crippen LogP contribution in [0.4, 0.5) is 11.6 Å². The quantitative estimate of drug-likeness (QED) is 0.852. The number of aromatic nitrogens is 2. The molecule has 5 nitrogen and oxygen atoms in total. The molecule has 100 valence electrons. The highest BCUT2D eigenvalue weighted by Crippen LogP contribution is 2.20. The van der Waals surface area contributed by atoms with E-state index >= 15 is 0 Å². The third kappa shape index (κ3) is 3.10. The average Bonchev–Trinajstić information content (AvgIpc) is 2.32. The van der Waals surface area contributed by atoms with Gasteiger partial charge in [-0.15, -0.1) is 0 Å². The van der Waals surface area contributed by atoms with Crippen LogP contribution in [-0.2, 0) is 0 Å². The molecule has 2 unspecified atom stereocenters. The normalized spacial score (nSPS) is 24.9. The van der Waals surface area contributed by atoms with Crippen LogP contribution in [0.3, 0.4) is 0 Å². The minimum Gasteiger partial charge on any atom is -0.373 e. The lowest BCUT2D eigenvalue weighted by atomic mass is 9.94. The SMILES string of the molecule is CNc1cc(NC2CCN(C)CC2C)nc(C)n1. The molecule has 1 fully saturated rings. The van der Waals surface area contributed by atoms with Gasteiger partial charge in [0.25, 0.3) is 0 Å². The van der Waals surface area contributed by atoms with Gasteiger partial charge in [-0.1, -0.05) is 6.92 Å². The molecule has 5 heteroatoms. The van der Waals surface area contributed by atoms with Crippen LogP contribution in [0.1, 0.15) is 19.2 Å². The van der Waals surface area contributed by atoms with E-state index in [1.807, 2.05) is 20.0 Å². The molecule has 0 aliphatic carbocycles. The highest BCUT2D eigenvalue weighted by atomic mass is 15.1. The minimum atomic E-state index is 0.500. The largest absolute Gasteiger partial charge is 0.373 e. The molecule has 0 radical (unpaired) electrons. The average molecular weight is 249 g/mol. The molecule has 1 aromatic heterocycles. The van der Waals surface area contributed by atoms with Gasteiger partial charge < -0.3 is 15.5 Å². The number of nitrogens with one attached hydrogen (secondary N) is 2. The Labute approximate surface area is 109 Å². The summed E-state index contributed by atoms with van der Waals surface area (Å²) >= 11 is 0. The van der Waals surface area contributed by atoms with Gasteiger partial charge in [0.1, 0.15) is 17.5 Å². The third-order valence-corrected chi connectivity index (χ3v) is 3.54. The molecule has 0 amide bonds. The summed E-state index contributed by atoms with van der Waals surface area (Å²) in [5.74, 6) is 3.22. The van der Waals surface area contributed by atoms with E-state index in [0.29, 0.717) is 12.0 Å². The lowest BCUT2D eigenvalue weighted by molar-refractivity contribution is 0.206. The zero-order chi connectivity index (χ0) is 13.1. The van der Waals surface area contributed by atoms with Gasteiger partial charge in [-0.25, -0.2) is 9.97 Å². The molecular formula is C13H23N5. The number of piperidine rings is 1. The Morgan fingerprint density at radius 1 is 1.33 bits per heavy atom. The van der Waals surface area contributed by atoms with E-state index in [-0.39, 0.29) is 0 Å².